The highest BCUT2D eigenvalue weighted by Gasteiger charge is 2.24. The summed E-state index contributed by atoms with van der Waals surface area (Å²) in [5.41, 5.74) is 1.89. The molecule has 1 aromatic carbocycles. The van der Waals surface area contributed by atoms with Crippen LogP contribution in [0, 0.1) is 0 Å². The Hall–Kier alpha value is -2.03. The van der Waals surface area contributed by atoms with Crippen molar-refractivity contribution in [1.29, 1.82) is 0 Å². The van der Waals surface area contributed by atoms with Gasteiger partial charge in [-0.15, -0.1) is 0 Å². The maximum absolute atomic E-state index is 12.3. The molecule has 1 fully saturated rings. The van der Waals surface area contributed by atoms with E-state index in [0.29, 0.717) is 0 Å². The van der Waals surface area contributed by atoms with Crippen LogP contribution in [0.2, 0.25) is 0 Å². The molecule has 0 bridgehead atoms. The van der Waals surface area contributed by atoms with Gasteiger partial charge in [0.1, 0.15) is 6.10 Å². The van der Waals surface area contributed by atoms with E-state index < -0.39 is 0 Å². The van der Waals surface area contributed by atoms with Gasteiger partial charge in [0.25, 0.3) is 0 Å². The number of benzene rings is 1. The molecule has 1 saturated carbocycles. The molecule has 1 aromatic rings. The van der Waals surface area contributed by atoms with Crippen LogP contribution in [-0.2, 0) is 4.74 Å². The second-order valence-corrected chi connectivity index (χ2v) is 4.92. The summed E-state index contributed by atoms with van der Waals surface area (Å²) in [6.07, 6.45) is 11.7. The number of rotatable bonds is 1. The fourth-order valence-electron chi connectivity index (χ4n) is 2.59. The zero-order valence-electron chi connectivity index (χ0n) is 10.8. The molecule has 1 aliphatic heterocycles. The number of allylic oxidation sites excluding steroid dienone is 2. The van der Waals surface area contributed by atoms with E-state index in [1.54, 1.807) is 11.1 Å². The Morgan fingerprint density at radius 2 is 1.95 bits per heavy atom. The van der Waals surface area contributed by atoms with Crippen molar-refractivity contribution in [2.75, 3.05) is 4.90 Å². The van der Waals surface area contributed by atoms with Gasteiger partial charge in [0, 0.05) is 6.20 Å². The van der Waals surface area contributed by atoms with Crippen LogP contribution in [-0.4, -0.2) is 12.2 Å². The number of anilines is 1. The van der Waals surface area contributed by atoms with Crippen LogP contribution in [0.15, 0.2) is 42.6 Å². The predicted molar refractivity (Wildman–Crippen MR) is 75.8 cm³/mol. The van der Waals surface area contributed by atoms with E-state index in [0.717, 1.165) is 36.9 Å². The van der Waals surface area contributed by atoms with Crippen LogP contribution in [0.4, 0.5) is 10.5 Å². The Balaban J connectivity index is 1.82. The summed E-state index contributed by atoms with van der Waals surface area (Å²) in [7, 11) is 0. The van der Waals surface area contributed by atoms with Gasteiger partial charge in [0.15, 0.2) is 0 Å². The number of fused-ring (bicyclic) bond motifs is 1. The van der Waals surface area contributed by atoms with Gasteiger partial charge < -0.3 is 4.74 Å². The van der Waals surface area contributed by atoms with Gasteiger partial charge in [-0.05, 0) is 43.4 Å². The van der Waals surface area contributed by atoms with Crippen molar-refractivity contribution >= 4 is 17.9 Å². The van der Waals surface area contributed by atoms with Crippen molar-refractivity contribution in [2.45, 2.75) is 31.8 Å². The lowest BCUT2D eigenvalue weighted by atomic mass is 10.1. The van der Waals surface area contributed by atoms with Crippen molar-refractivity contribution < 1.29 is 9.53 Å². The van der Waals surface area contributed by atoms with E-state index >= 15 is 0 Å². The van der Waals surface area contributed by atoms with Crippen molar-refractivity contribution in [2.24, 2.45) is 0 Å². The molecule has 3 rings (SSSR count). The number of ether oxygens (including phenoxy) is 1. The molecule has 1 heterocycles. The molecule has 3 heteroatoms. The third kappa shape index (κ3) is 2.55. The van der Waals surface area contributed by atoms with E-state index in [1.165, 1.54) is 0 Å². The first-order valence-electron chi connectivity index (χ1n) is 6.78. The van der Waals surface area contributed by atoms with Crippen LogP contribution in [0.25, 0.3) is 6.08 Å². The minimum atomic E-state index is -0.278. The van der Waals surface area contributed by atoms with Gasteiger partial charge in [-0.25, -0.2) is 4.79 Å². The standard InChI is InChI=1S/C16H17NO2/c18-16(19-14-9-2-3-10-14)17-12-6-5-8-13-7-1-4-11-15(13)17/h1,4-8,11-12,14H,2-3,9-10H2. The fourth-order valence-corrected chi connectivity index (χ4v) is 2.59. The lowest BCUT2D eigenvalue weighted by Gasteiger charge is -2.21. The largest absolute Gasteiger partial charge is 0.446 e. The average Bonchev–Trinajstić information content (AvgIpc) is 2.83. The summed E-state index contributed by atoms with van der Waals surface area (Å²) in [4.78, 5) is 13.9. The van der Waals surface area contributed by atoms with Gasteiger partial charge in [-0.2, -0.15) is 0 Å². The molecule has 0 unspecified atom stereocenters. The monoisotopic (exact) mass is 255 g/mol. The number of nitrogens with zero attached hydrogens (tertiary/aromatic N) is 1. The van der Waals surface area contributed by atoms with Crippen molar-refractivity contribution in [3.8, 4) is 0 Å². The molecule has 0 N–H and O–H groups in total. The minimum Gasteiger partial charge on any atom is -0.446 e. The van der Waals surface area contributed by atoms with Crippen molar-refractivity contribution in [3.63, 3.8) is 0 Å². The maximum atomic E-state index is 12.3. The molecular weight excluding hydrogens is 238 g/mol. The Bertz CT molecular complexity index is 527. The molecule has 98 valence electrons. The predicted octanol–water partition coefficient (Wildman–Crippen LogP) is 4.11. The highest BCUT2D eigenvalue weighted by atomic mass is 16.6. The SMILES string of the molecule is O=C(OC1CCCC1)N1C=CC=Cc2ccccc21. The second-order valence-electron chi connectivity index (χ2n) is 4.92. The maximum Gasteiger partial charge on any atom is 0.418 e. The van der Waals surface area contributed by atoms with Crippen LogP contribution >= 0.6 is 0 Å². The third-order valence-corrected chi connectivity index (χ3v) is 3.58. The van der Waals surface area contributed by atoms with E-state index in [-0.39, 0.29) is 12.2 Å². The molecule has 0 aromatic heterocycles. The molecule has 2 aliphatic rings. The molecular formula is C16H17NO2. The lowest BCUT2D eigenvalue weighted by Crippen LogP contribution is -2.29. The van der Waals surface area contributed by atoms with Gasteiger partial charge >= 0.3 is 6.09 Å². The minimum absolute atomic E-state index is 0.0873. The molecule has 0 saturated heterocycles. The van der Waals surface area contributed by atoms with Crippen LogP contribution in [0.3, 0.4) is 0 Å². The van der Waals surface area contributed by atoms with Crippen molar-refractivity contribution in [1.82, 2.24) is 0 Å². The van der Waals surface area contributed by atoms with Gasteiger partial charge in [0.05, 0.1) is 5.69 Å². The summed E-state index contributed by atoms with van der Waals surface area (Å²) in [5, 5.41) is 0. The molecule has 1 aliphatic carbocycles. The topological polar surface area (TPSA) is 29.5 Å². The quantitative estimate of drug-likeness (QED) is 0.755. The summed E-state index contributed by atoms with van der Waals surface area (Å²) < 4.78 is 5.57. The normalized spacial score (nSPS) is 18.2. The number of hydrogen-bond donors (Lipinski definition) is 0. The first-order valence-corrected chi connectivity index (χ1v) is 6.78. The molecule has 0 radical (unpaired) electrons. The molecule has 1 amide bonds. The second kappa shape index (κ2) is 5.31. The van der Waals surface area contributed by atoms with Gasteiger partial charge in [-0.1, -0.05) is 30.4 Å². The molecule has 0 spiro atoms. The molecule has 19 heavy (non-hydrogen) atoms. The molecule has 0 atom stereocenters. The van der Waals surface area contributed by atoms with Crippen molar-refractivity contribution in [3.05, 3.63) is 48.2 Å². The van der Waals surface area contributed by atoms with Gasteiger partial charge in [-0.3, -0.25) is 4.90 Å². The zero-order valence-corrected chi connectivity index (χ0v) is 10.8. The number of hydrogen-bond acceptors (Lipinski definition) is 2. The average molecular weight is 255 g/mol. The molecule has 3 nitrogen and oxygen atoms in total. The van der Waals surface area contributed by atoms with Gasteiger partial charge in [0.2, 0.25) is 0 Å². The number of para-hydroxylation sites is 1. The van der Waals surface area contributed by atoms with Crippen LogP contribution in [0.5, 0.6) is 0 Å². The number of carbonyl (C=O) groups is 1. The zero-order chi connectivity index (χ0) is 13.1. The van der Waals surface area contributed by atoms with E-state index in [4.69, 9.17) is 4.74 Å². The van der Waals surface area contributed by atoms with Crippen LogP contribution < -0.4 is 4.90 Å². The fraction of sp³-hybridized carbons (Fsp3) is 0.312. The summed E-state index contributed by atoms with van der Waals surface area (Å²) in [5.74, 6) is 0. The van der Waals surface area contributed by atoms with Crippen LogP contribution in [0.1, 0.15) is 31.2 Å². The third-order valence-electron chi connectivity index (χ3n) is 3.58. The first-order chi connectivity index (χ1) is 9.34. The summed E-state index contributed by atoms with van der Waals surface area (Å²) in [6.45, 7) is 0. The Morgan fingerprint density at radius 1 is 1.16 bits per heavy atom. The van der Waals surface area contributed by atoms with E-state index in [9.17, 15) is 4.79 Å². The highest BCUT2D eigenvalue weighted by molar-refractivity contribution is 5.93. The lowest BCUT2D eigenvalue weighted by molar-refractivity contribution is 0.110. The Labute approximate surface area is 113 Å². The summed E-state index contributed by atoms with van der Waals surface area (Å²) in [6, 6.07) is 7.83. The highest BCUT2D eigenvalue weighted by Crippen LogP contribution is 2.27. The Kier molecular flexibility index (Phi) is 3.36. The summed E-state index contributed by atoms with van der Waals surface area (Å²) >= 11 is 0. The Morgan fingerprint density at radius 3 is 2.79 bits per heavy atom. The smallest absolute Gasteiger partial charge is 0.418 e. The first kappa shape index (κ1) is 12.0. The number of amides is 1. The number of carbonyl (C=O) groups excluding carboxylic acids is 1. The van der Waals surface area contributed by atoms with E-state index in [1.807, 2.05) is 42.5 Å². The van der Waals surface area contributed by atoms with E-state index in [2.05, 4.69) is 0 Å².